The number of carbonyl (C=O) groups is 1. The highest BCUT2D eigenvalue weighted by atomic mass is 16.6. The van der Waals surface area contributed by atoms with Crippen LogP contribution in [0.25, 0.3) is 0 Å². The summed E-state index contributed by atoms with van der Waals surface area (Å²) in [5, 5.41) is 14.3. The molecule has 0 spiro atoms. The fraction of sp³-hybridized carbons (Fsp3) is 0.625. The van der Waals surface area contributed by atoms with Crippen LogP contribution in [0.15, 0.2) is 12.3 Å². The Morgan fingerprint density at radius 2 is 2.04 bits per heavy atom. The van der Waals surface area contributed by atoms with Crippen LogP contribution in [0.1, 0.15) is 39.2 Å². The Labute approximate surface area is 141 Å². The fourth-order valence-corrected chi connectivity index (χ4v) is 2.53. The highest BCUT2D eigenvalue weighted by Crippen LogP contribution is 2.25. The average Bonchev–Trinajstić information content (AvgIpc) is 2.48. The molecular formula is C16H24N4O4. The third kappa shape index (κ3) is 4.81. The van der Waals surface area contributed by atoms with Gasteiger partial charge in [-0.15, -0.1) is 0 Å². The molecule has 2 heterocycles. The van der Waals surface area contributed by atoms with Crippen LogP contribution >= 0.6 is 0 Å². The summed E-state index contributed by atoms with van der Waals surface area (Å²) >= 11 is 0. The predicted molar refractivity (Wildman–Crippen MR) is 90.1 cm³/mol. The molecule has 0 unspecified atom stereocenters. The Hall–Kier alpha value is -2.38. The third-order valence-corrected chi connectivity index (χ3v) is 3.69. The molecule has 0 aliphatic carbocycles. The predicted octanol–water partition coefficient (Wildman–Crippen LogP) is 3.11. The molecule has 8 heteroatoms. The zero-order chi connectivity index (χ0) is 17.9. The van der Waals surface area contributed by atoms with E-state index in [1.165, 1.54) is 6.07 Å². The molecule has 0 atom stereocenters. The van der Waals surface area contributed by atoms with Gasteiger partial charge in [-0.05, 0) is 46.1 Å². The molecular weight excluding hydrogens is 312 g/mol. The zero-order valence-corrected chi connectivity index (χ0v) is 14.5. The number of hydrogen-bond donors (Lipinski definition) is 1. The SMILES string of the molecule is Cc1cnc(NC2CCN(C(=O)OC(C)(C)C)CC2)c([N+](=O)[O-])c1. The monoisotopic (exact) mass is 336 g/mol. The summed E-state index contributed by atoms with van der Waals surface area (Å²) in [5.74, 6) is 0.279. The highest BCUT2D eigenvalue weighted by molar-refractivity contribution is 5.68. The number of rotatable bonds is 3. The number of amides is 1. The van der Waals surface area contributed by atoms with Crippen molar-refractivity contribution in [3.63, 3.8) is 0 Å². The number of nitrogens with zero attached hydrogens (tertiary/aromatic N) is 3. The summed E-state index contributed by atoms with van der Waals surface area (Å²) in [4.78, 5) is 28.6. The van der Waals surface area contributed by atoms with Gasteiger partial charge in [-0.3, -0.25) is 10.1 Å². The highest BCUT2D eigenvalue weighted by Gasteiger charge is 2.28. The molecule has 132 valence electrons. The number of aryl methyl sites for hydroxylation is 1. The van der Waals surface area contributed by atoms with Gasteiger partial charge >= 0.3 is 11.8 Å². The Bertz CT molecular complexity index is 619. The van der Waals surface area contributed by atoms with Gasteiger partial charge in [0.15, 0.2) is 0 Å². The van der Waals surface area contributed by atoms with E-state index in [4.69, 9.17) is 4.74 Å². The Morgan fingerprint density at radius 3 is 2.58 bits per heavy atom. The first-order valence-corrected chi connectivity index (χ1v) is 8.01. The standard InChI is InChI=1S/C16H24N4O4/c1-11-9-13(20(22)23)14(17-10-11)18-12-5-7-19(8-6-12)15(21)24-16(2,3)4/h9-10,12H,5-8H2,1-4H3,(H,17,18). The lowest BCUT2D eigenvalue weighted by Gasteiger charge is -2.33. The molecule has 1 saturated heterocycles. The van der Waals surface area contributed by atoms with Crippen LogP contribution in [0.5, 0.6) is 0 Å². The van der Waals surface area contributed by atoms with Crippen molar-refractivity contribution in [1.29, 1.82) is 0 Å². The van der Waals surface area contributed by atoms with E-state index in [9.17, 15) is 14.9 Å². The molecule has 1 aromatic heterocycles. The molecule has 1 N–H and O–H groups in total. The number of carbonyl (C=O) groups excluding carboxylic acids is 1. The Kier molecular flexibility index (Phi) is 5.26. The van der Waals surface area contributed by atoms with Gasteiger partial charge in [-0.2, -0.15) is 0 Å². The van der Waals surface area contributed by atoms with Crippen molar-refractivity contribution in [2.45, 2.75) is 52.2 Å². The minimum Gasteiger partial charge on any atom is -0.444 e. The van der Waals surface area contributed by atoms with E-state index < -0.39 is 10.5 Å². The molecule has 8 nitrogen and oxygen atoms in total. The number of hydrogen-bond acceptors (Lipinski definition) is 6. The lowest BCUT2D eigenvalue weighted by atomic mass is 10.1. The van der Waals surface area contributed by atoms with Crippen LogP contribution in [-0.4, -0.2) is 45.6 Å². The molecule has 0 radical (unpaired) electrons. The summed E-state index contributed by atoms with van der Waals surface area (Å²) in [7, 11) is 0. The largest absolute Gasteiger partial charge is 0.444 e. The van der Waals surface area contributed by atoms with Crippen LogP contribution in [0.4, 0.5) is 16.3 Å². The normalized spacial score (nSPS) is 15.9. The maximum Gasteiger partial charge on any atom is 0.410 e. The molecule has 1 amide bonds. The summed E-state index contributed by atoms with van der Waals surface area (Å²) in [5.41, 5.74) is 0.204. The second-order valence-electron chi connectivity index (χ2n) is 7.02. The summed E-state index contributed by atoms with van der Waals surface area (Å²) in [6, 6.07) is 1.54. The van der Waals surface area contributed by atoms with E-state index in [0.717, 1.165) is 5.56 Å². The molecule has 0 bridgehead atoms. The first kappa shape index (κ1) is 18.0. The smallest absolute Gasteiger partial charge is 0.410 e. The average molecular weight is 336 g/mol. The van der Waals surface area contributed by atoms with Crippen LogP contribution < -0.4 is 5.32 Å². The van der Waals surface area contributed by atoms with Crippen molar-refractivity contribution in [2.75, 3.05) is 18.4 Å². The number of nitro groups is 1. The van der Waals surface area contributed by atoms with Gasteiger partial charge in [-0.25, -0.2) is 9.78 Å². The van der Waals surface area contributed by atoms with Crippen molar-refractivity contribution < 1.29 is 14.5 Å². The minimum atomic E-state index is -0.515. The molecule has 0 saturated carbocycles. The maximum atomic E-state index is 12.0. The number of aromatic nitrogens is 1. The molecule has 0 aromatic carbocycles. The second kappa shape index (κ2) is 7.02. The van der Waals surface area contributed by atoms with Gasteiger partial charge in [0, 0.05) is 31.4 Å². The maximum absolute atomic E-state index is 12.0. The second-order valence-corrected chi connectivity index (χ2v) is 7.02. The van der Waals surface area contributed by atoms with Crippen molar-refractivity contribution >= 4 is 17.6 Å². The lowest BCUT2D eigenvalue weighted by Crippen LogP contribution is -2.44. The summed E-state index contributed by atoms with van der Waals surface area (Å²) in [6.07, 6.45) is 2.66. The number of anilines is 1. The topological polar surface area (TPSA) is 97.6 Å². The van der Waals surface area contributed by atoms with Gasteiger partial charge in [0.1, 0.15) is 5.60 Å². The van der Waals surface area contributed by atoms with Gasteiger partial charge in [-0.1, -0.05) is 0 Å². The number of piperidine rings is 1. The van der Waals surface area contributed by atoms with E-state index in [1.807, 2.05) is 20.8 Å². The van der Waals surface area contributed by atoms with Crippen molar-refractivity contribution in [3.05, 3.63) is 27.9 Å². The van der Waals surface area contributed by atoms with E-state index >= 15 is 0 Å². The molecule has 1 aliphatic heterocycles. The Morgan fingerprint density at radius 1 is 1.42 bits per heavy atom. The van der Waals surface area contributed by atoms with E-state index in [0.29, 0.717) is 25.9 Å². The van der Waals surface area contributed by atoms with Crippen LogP contribution in [-0.2, 0) is 4.74 Å². The molecule has 1 fully saturated rings. The fourth-order valence-electron chi connectivity index (χ4n) is 2.53. The zero-order valence-electron chi connectivity index (χ0n) is 14.5. The first-order valence-electron chi connectivity index (χ1n) is 8.01. The van der Waals surface area contributed by atoms with E-state index in [2.05, 4.69) is 10.3 Å². The van der Waals surface area contributed by atoms with Crippen molar-refractivity contribution in [2.24, 2.45) is 0 Å². The Balaban J connectivity index is 1.94. The lowest BCUT2D eigenvalue weighted by molar-refractivity contribution is -0.384. The van der Waals surface area contributed by atoms with Crippen LogP contribution in [0.3, 0.4) is 0 Å². The van der Waals surface area contributed by atoms with Crippen LogP contribution in [0.2, 0.25) is 0 Å². The molecule has 2 rings (SSSR count). The number of nitrogens with one attached hydrogen (secondary N) is 1. The van der Waals surface area contributed by atoms with Crippen LogP contribution in [0, 0.1) is 17.0 Å². The molecule has 1 aromatic rings. The van der Waals surface area contributed by atoms with E-state index in [1.54, 1.807) is 18.0 Å². The number of pyridine rings is 1. The van der Waals surface area contributed by atoms with Crippen molar-refractivity contribution in [1.82, 2.24) is 9.88 Å². The van der Waals surface area contributed by atoms with E-state index in [-0.39, 0.29) is 23.6 Å². The third-order valence-electron chi connectivity index (χ3n) is 3.69. The van der Waals surface area contributed by atoms with Gasteiger partial charge in [0.2, 0.25) is 5.82 Å². The minimum absolute atomic E-state index is 0.0235. The quantitative estimate of drug-likeness (QED) is 0.673. The van der Waals surface area contributed by atoms with Gasteiger partial charge < -0.3 is 15.0 Å². The summed E-state index contributed by atoms with van der Waals surface area (Å²) < 4.78 is 5.36. The molecule has 24 heavy (non-hydrogen) atoms. The van der Waals surface area contributed by atoms with Gasteiger partial charge in [0.25, 0.3) is 0 Å². The van der Waals surface area contributed by atoms with Gasteiger partial charge in [0.05, 0.1) is 4.92 Å². The number of likely N-dealkylation sites (tertiary alicyclic amines) is 1. The number of ether oxygens (including phenoxy) is 1. The molecule has 1 aliphatic rings. The first-order chi connectivity index (χ1) is 11.2. The van der Waals surface area contributed by atoms with Crippen molar-refractivity contribution in [3.8, 4) is 0 Å². The summed E-state index contributed by atoms with van der Waals surface area (Å²) in [6.45, 7) is 8.37.